The maximum Gasteiger partial charge on any atom is 0.469 e. The number of hydrogen-bond acceptors (Lipinski definition) is 7. The predicted molar refractivity (Wildman–Crippen MR) is 93.8 cm³/mol. The predicted octanol–water partition coefficient (Wildman–Crippen LogP) is -1.61. The molecule has 0 aromatic carbocycles. The molecule has 8 N–H and O–H groups in total. The third-order valence-electron chi connectivity index (χ3n) is 3.37. The van der Waals surface area contributed by atoms with Crippen LogP contribution in [-0.4, -0.2) is 68.5 Å². The summed E-state index contributed by atoms with van der Waals surface area (Å²) in [4.78, 5) is 63.7. The molecule has 0 aliphatic heterocycles. The number of rotatable bonds is 13. The van der Waals surface area contributed by atoms with Gasteiger partial charge in [-0.2, -0.15) is 0 Å². The molecule has 0 bridgehead atoms. The number of carbonyl (C=O) groups is 4. The monoisotopic (exact) mass is 427 g/mol. The van der Waals surface area contributed by atoms with Crippen LogP contribution in [0.2, 0.25) is 0 Å². The van der Waals surface area contributed by atoms with Crippen molar-refractivity contribution >= 4 is 31.6 Å². The smallest absolute Gasteiger partial charge is 0.469 e. The number of carboxylic acid groups (broad SMARTS) is 2. The lowest BCUT2D eigenvalue weighted by Crippen LogP contribution is -2.56. The molecular weight excluding hydrogens is 401 g/mol. The SMILES string of the molecule is CC(C)C[C@H](NC(=O)[C@H](COP(=O)(O)O)NC(=O)[C@@H](N)CCC(=O)O)C(=O)O. The lowest BCUT2D eigenvalue weighted by atomic mass is 10.0. The number of amides is 2. The van der Waals surface area contributed by atoms with Crippen molar-refractivity contribution in [3.63, 3.8) is 0 Å². The van der Waals surface area contributed by atoms with Gasteiger partial charge in [-0.15, -0.1) is 0 Å². The number of aliphatic carboxylic acids is 2. The van der Waals surface area contributed by atoms with Crippen molar-refractivity contribution in [3.8, 4) is 0 Å². The van der Waals surface area contributed by atoms with Crippen LogP contribution in [0.5, 0.6) is 0 Å². The van der Waals surface area contributed by atoms with E-state index in [4.69, 9.17) is 20.6 Å². The molecule has 0 aromatic rings. The van der Waals surface area contributed by atoms with Gasteiger partial charge < -0.3 is 36.4 Å². The fourth-order valence-corrected chi connectivity index (χ4v) is 2.35. The van der Waals surface area contributed by atoms with Gasteiger partial charge in [0.15, 0.2) is 0 Å². The summed E-state index contributed by atoms with van der Waals surface area (Å²) in [6.45, 7) is 2.49. The van der Waals surface area contributed by atoms with E-state index >= 15 is 0 Å². The number of nitrogens with one attached hydrogen (secondary N) is 2. The Kier molecular flexibility index (Phi) is 10.9. The third kappa shape index (κ3) is 11.6. The first kappa shape index (κ1) is 26.0. The summed E-state index contributed by atoms with van der Waals surface area (Å²) < 4.78 is 15.1. The van der Waals surface area contributed by atoms with E-state index in [0.717, 1.165) is 0 Å². The van der Waals surface area contributed by atoms with Crippen molar-refractivity contribution < 1.29 is 48.3 Å². The minimum atomic E-state index is -4.98. The largest absolute Gasteiger partial charge is 0.481 e. The van der Waals surface area contributed by atoms with E-state index in [1.54, 1.807) is 13.8 Å². The number of nitrogens with two attached hydrogens (primary N) is 1. The van der Waals surface area contributed by atoms with Crippen molar-refractivity contribution in [1.82, 2.24) is 10.6 Å². The van der Waals surface area contributed by atoms with E-state index in [0.29, 0.717) is 0 Å². The zero-order valence-corrected chi connectivity index (χ0v) is 16.3. The maximum absolute atomic E-state index is 12.3. The molecule has 0 aromatic heterocycles. The molecule has 0 aliphatic rings. The van der Waals surface area contributed by atoms with Crippen LogP contribution < -0.4 is 16.4 Å². The van der Waals surface area contributed by atoms with Crippen molar-refractivity contribution in [2.45, 2.75) is 51.2 Å². The van der Waals surface area contributed by atoms with Gasteiger partial charge in [0, 0.05) is 6.42 Å². The van der Waals surface area contributed by atoms with Crippen LogP contribution >= 0.6 is 7.82 Å². The van der Waals surface area contributed by atoms with Gasteiger partial charge in [0.05, 0.1) is 12.6 Å². The van der Waals surface area contributed by atoms with Gasteiger partial charge >= 0.3 is 19.8 Å². The molecule has 14 heteroatoms. The lowest BCUT2D eigenvalue weighted by Gasteiger charge is -2.23. The highest BCUT2D eigenvalue weighted by atomic mass is 31.2. The summed E-state index contributed by atoms with van der Waals surface area (Å²) in [5.41, 5.74) is 5.52. The fourth-order valence-electron chi connectivity index (χ4n) is 2.01. The summed E-state index contributed by atoms with van der Waals surface area (Å²) >= 11 is 0. The standard InChI is InChI=1S/C14H26N3O10P/c1-7(2)5-9(14(22)23)16-13(21)10(6-27-28(24,25)26)17-12(20)8(15)3-4-11(18)19/h7-10H,3-6,15H2,1-2H3,(H,16,21)(H,17,20)(H,18,19)(H,22,23)(H2,24,25,26)/t8-,9-,10-/m0/s1. The van der Waals surface area contributed by atoms with Gasteiger partial charge in [-0.1, -0.05) is 13.8 Å². The molecule has 2 amide bonds. The molecular formula is C14H26N3O10P. The minimum Gasteiger partial charge on any atom is -0.481 e. The van der Waals surface area contributed by atoms with E-state index in [1.165, 1.54) is 0 Å². The molecule has 0 spiro atoms. The number of phosphoric acid groups is 1. The Balaban J connectivity index is 5.19. The Hall–Kier alpha value is -2.05. The fraction of sp³-hybridized carbons (Fsp3) is 0.714. The normalized spacial score (nSPS) is 14.8. The average Bonchev–Trinajstić information content (AvgIpc) is 2.53. The van der Waals surface area contributed by atoms with E-state index in [9.17, 15) is 28.8 Å². The van der Waals surface area contributed by atoms with Crippen LogP contribution in [-0.2, 0) is 28.3 Å². The molecule has 0 rings (SSSR count). The second kappa shape index (κ2) is 11.7. The van der Waals surface area contributed by atoms with Crippen LogP contribution in [0, 0.1) is 5.92 Å². The molecule has 13 nitrogen and oxygen atoms in total. The zero-order valence-electron chi connectivity index (χ0n) is 15.4. The summed E-state index contributed by atoms with van der Waals surface area (Å²) in [7, 11) is -4.98. The molecule has 0 fully saturated rings. The molecule has 0 unspecified atom stereocenters. The highest BCUT2D eigenvalue weighted by Crippen LogP contribution is 2.35. The first-order chi connectivity index (χ1) is 12.7. The molecule has 0 saturated heterocycles. The second-order valence-electron chi connectivity index (χ2n) is 6.42. The van der Waals surface area contributed by atoms with Gasteiger partial charge in [-0.3, -0.25) is 18.9 Å². The van der Waals surface area contributed by atoms with Crippen LogP contribution in [0.3, 0.4) is 0 Å². The minimum absolute atomic E-state index is 0.0687. The Bertz CT molecular complexity index is 620. The van der Waals surface area contributed by atoms with E-state index in [1.807, 2.05) is 0 Å². The van der Waals surface area contributed by atoms with E-state index in [2.05, 4.69) is 15.2 Å². The second-order valence-corrected chi connectivity index (χ2v) is 7.65. The molecule has 3 atom stereocenters. The van der Waals surface area contributed by atoms with Crippen molar-refractivity contribution in [2.75, 3.05) is 6.61 Å². The van der Waals surface area contributed by atoms with Crippen LogP contribution in [0.1, 0.15) is 33.1 Å². The van der Waals surface area contributed by atoms with Gasteiger partial charge in [0.1, 0.15) is 12.1 Å². The van der Waals surface area contributed by atoms with Crippen molar-refractivity contribution in [2.24, 2.45) is 11.7 Å². The summed E-state index contributed by atoms with van der Waals surface area (Å²) in [6, 6.07) is -4.28. The third-order valence-corrected chi connectivity index (χ3v) is 3.86. The summed E-state index contributed by atoms with van der Waals surface area (Å²) in [5.74, 6) is -4.64. The highest BCUT2D eigenvalue weighted by Gasteiger charge is 2.30. The zero-order chi connectivity index (χ0) is 22.1. The highest BCUT2D eigenvalue weighted by molar-refractivity contribution is 7.46. The first-order valence-electron chi connectivity index (χ1n) is 8.24. The Labute approximate surface area is 160 Å². The average molecular weight is 427 g/mol. The summed E-state index contributed by atoms with van der Waals surface area (Å²) in [6.07, 6.45) is -0.598. The number of hydrogen-bond donors (Lipinski definition) is 7. The van der Waals surface area contributed by atoms with Crippen molar-refractivity contribution in [1.29, 1.82) is 0 Å². The Morgan fingerprint density at radius 2 is 1.57 bits per heavy atom. The maximum atomic E-state index is 12.3. The molecule has 0 saturated carbocycles. The van der Waals surface area contributed by atoms with Crippen molar-refractivity contribution in [3.05, 3.63) is 0 Å². The molecule has 162 valence electrons. The molecule has 0 heterocycles. The number of phosphoric ester groups is 1. The molecule has 0 aliphatic carbocycles. The first-order valence-corrected chi connectivity index (χ1v) is 9.77. The Morgan fingerprint density at radius 1 is 1.04 bits per heavy atom. The van der Waals surface area contributed by atoms with Gasteiger partial charge in [0.2, 0.25) is 11.8 Å². The van der Waals surface area contributed by atoms with Gasteiger partial charge in [-0.25, -0.2) is 9.36 Å². The van der Waals surface area contributed by atoms with Gasteiger partial charge in [0.25, 0.3) is 0 Å². The Morgan fingerprint density at radius 3 is 2.00 bits per heavy atom. The molecule has 28 heavy (non-hydrogen) atoms. The number of carbonyl (C=O) groups excluding carboxylic acids is 2. The number of carboxylic acids is 2. The molecule has 0 radical (unpaired) electrons. The topological polar surface area (TPSA) is 226 Å². The van der Waals surface area contributed by atoms with Crippen LogP contribution in [0.25, 0.3) is 0 Å². The van der Waals surface area contributed by atoms with E-state index in [-0.39, 0.29) is 18.8 Å². The summed E-state index contributed by atoms with van der Waals surface area (Å²) in [5, 5.41) is 22.0. The lowest BCUT2D eigenvalue weighted by molar-refractivity contribution is -0.143. The van der Waals surface area contributed by atoms with E-state index < -0.39 is 62.7 Å². The van der Waals surface area contributed by atoms with Crippen LogP contribution in [0.4, 0.5) is 0 Å². The van der Waals surface area contributed by atoms with Gasteiger partial charge in [-0.05, 0) is 18.8 Å². The van der Waals surface area contributed by atoms with Crippen LogP contribution in [0.15, 0.2) is 0 Å². The quantitative estimate of drug-likeness (QED) is 0.165.